The molecule has 2 aromatic heterocycles. The van der Waals surface area contributed by atoms with E-state index in [2.05, 4.69) is 145 Å². The van der Waals surface area contributed by atoms with Crippen molar-refractivity contribution in [2.45, 2.75) is 32.0 Å². The highest BCUT2D eigenvalue weighted by Gasteiger charge is 2.24. The van der Waals surface area contributed by atoms with Crippen LogP contribution in [0.5, 0.6) is 0 Å². The van der Waals surface area contributed by atoms with Crippen LogP contribution in [0, 0.1) is 0 Å². The Morgan fingerprint density at radius 3 is 2.38 bits per heavy atom. The van der Waals surface area contributed by atoms with Crippen molar-refractivity contribution < 1.29 is 0 Å². The SMILES string of the molecule is C[B]c1cccc(-n2c3c(c4ccccc42)CC(c2ccc4c(c2)c2ccccc2n4C2=CC=CCC2)C=C3)c1. The van der Waals surface area contributed by atoms with E-state index in [-0.39, 0.29) is 0 Å². The van der Waals surface area contributed by atoms with Crippen LogP contribution in [-0.2, 0) is 6.42 Å². The Morgan fingerprint density at radius 1 is 0.750 bits per heavy atom. The van der Waals surface area contributed by atoms with E-state index in [1.54, 1.807) is 0 Å². The van der Waals surface area contributed by atoms with Crippen molar-refractivity contribution in [3.63, 3.8) is 0 Å². The maximum absolute atomic E-state index is 2.47. The Kier molecular flexibility index (Phi) is 5.45. The van der Waals surface area contributed by atoms with Crippen LogP contribution in [0.25, 0.3) is 50.2 Å². The van der Waals surface area contributed by atoms with Crippen molar-refractivity contribution in [1.82, 2.24) is 9.13 Å². The fourth-order valence-electron chi connectivity index (χ4n) is 6.87. The summed E-state index contributed by atoms with van der Waals surface area (Å²) in [5.41, 5.74) is 11.8. The Balaban J connectivity index is 1.26. The minimum atomic E-state index is 0.338. The predicted molar refractivity (Wildman–Crippen MR) is 172 cm³/mol. The van der Waals surface area contributed by atoms with Crippen molar-refractivity contribution in [1.29, 1.82) is 0 Å². The van der Waals surface area contributed by atoms with Crippen molar-refractivity contribution in [3.8, 4) is 5.69 Å². The zero-order chi connectivity index (χ0) is 26.6. The molecular formula is C37H30BN2. The number of hydrogen-bond donors (Lipinski definition) is 0. The lowest BCUT2D eigenvalue weighted by atomic mass is 9.73. The van der Waals surface area contributed by atoms with E-state index in [9.17, 15) is 0 Å². The second-order valence-corrected chi connectivity index (χ2v) is 11.0. The average Bonchev–Trinajstić information content (AvgIpc) is 3.54. The smallest absolute Gasteiger partial charge is 0.148 e. The number of fused-ring (bicyclic) bond motifs is 6. The summed E-state index contributed by atoms with van der Waals surface area (Å²) in [6.45, 7) is 2.10. The fraction of sp³-hybridized carbons (Fsp3) is 0.135. The van der Waals surface area contributed by atoms with Gasteiger partial charge in [0.05, 0.1) is 16.6 Å². The molecule has 1 radical (unpaired) electrons. The fourth-order valence-corrected chi connectivity index (χ4v) is 6.87. The zero-order valence-electron chi connectivity index (χ0n) is 22.7. The van der Waals surface area contributed by atoms with Crippen molar-refractivity contribution in [2.24, 2.45) is 0 Å². The molecule has 0 bridgehead atoms. The molecule has 1 unspecified atom stereocenters. The van der Waals surface area contributed by atoms with Gasteiger partial charge in [-0.2, -0.15) is 0 Å². The minimum absolute atomic E-state index is 0.338. The molecule has 0 amide bonds. The van der Waals surface area contributed by atoms with Gasteiger partial charge in [-0.25, -0.2) is 0 Å². The molecule has 6 aromatic rings. The minimum Gasteiger partial charge on any atom is -0.313 e. The molecule has 191 valence electrons. The molecule has 0 saturated carbocycles. The Morgan fingerprint density at radius 2 is 1.55 bits per heavy atom. The van der Waals surface area contributed by atoms with Crippen LogP contribution in [0.1, 0.15) is 35.6 Å². The largest absolute Gasteiger partial charge is 0.313 e. The quantitative estimate of drug-likeness (QED) is 0.209. The first kappa shape index (κ1) is 23.4. The molecular weight excluding hydrogens is 483 g/mol. The third-order valence-corrected chi connectivity index (χ3v) is 8.80. The van der Waals surface area contributed by atoms with Crippen LogP contribution in [-0.4, -0.2) is 16.4 Å². The van der Waals surface area contributed by atoms with E-state index >= 15 is 0 Å². The molecule has 40 heavy (non-hydrogen) atoms. The van der Waals surface area contributed by atoms with Crippen molar-refractivity contribution in [3.05, 3.63) is 132 Å². The summed E-state index contributed by atoms with van der Waals surface area (Å²) in [5.74, 6) is 0.338. The summed E-state index contributed by atoms with van der Waals surface area (Å²) in [6, 6.07) is 33.7. The molecule has 2 aliphatic carbocycles. The van der Waals surface area contributed by atoms with Crippen LogP contribution in [0.4, 0.5) is 0 Å². The number of benzene rings is 4. The Bertz CT molecular complexity index is 2030. The summed E-state index contributed by atoms with van der Waals surface area (Å²) in [5, 5.41) is 4.03. The highest BCUT2D eigenvalue weighted by atomic mass is 15.0. The summed E-state index contributed by atoms with van der Waals surface area (Å²) in [4.78, 5) is 0. The maximum Gasteiger partial charge on any atom is 0.148 e. The molecule has 1 atom stereocenters. The van der Waals surface area contributed by atoms with Crippen molar-refractivity contribution in [2.75, 3.05) is 0 Å². The van der Waals surface area contributed by atoms with Gasteiger partial charge in [-0.15, -0.1) is 0 Å². The lowest BCUT2D eigenvalue weighted by Crippen LogP contribution is -2.12. The van der Waals surface area contributed by atoms with Gasteiger partial charge in [-0.3, -0.25) is 0 Å². The van der Waals surface area contributed by atoms with Crippen molar-refractivity contribution >= 4 is 57.2 Å². The number of allylic oxidation sites excluding steroid dienone is 5. The van der Waals surface area contributed by atoms with E-state index in [1.807, 2.05) is 0 Å². The molecule has 2 nitrogen and oxygen atoms in total. The summed E-state index contributed by atoms with van der Waals surface area (Å²) >= 11 is 0. The van der Waals surface area contributed by atoms with Gasteiger partial charge in [-0.05, 0) is 78.9 Å². The van der Waals surface area contributed by atoms with Gasteiger partial charge in [-0.1, -0.05) is 85.1 Å². The molecule has 3 heteroatoms. The van der Waals surface area contributed by atoms with Crippen LogP contribution >= 0.6 is 0 Å². The highest BCUT2D eigenvalue weighted by molar-refractivity contribution is 6.52. The third-order valence-electron chi connectivity index (χ3n) is 8.80. The van der Waals surface area contributed by atoms with E-state index in [1.165, 1.54) is 66.4 Å². The number of para-hydroxylation sites is 2. The van der Waals surface area contributed by atoms with Crippen LogP contribution < -0.4 is 5.46 Å². The Labute approximate surface area is 235 Å². The normalized spacial score (nSPS) is 16.5. The van der Waals surface area contributed by atoms with Gasteiger partial charge >= 0.3 is 0 Å². The molecule has 0 fully saturated rings. The predicted octanol–water partition coefficient (Wildman–Crippen LogP) is 8.66. The maximum atomic E-state index is 2.47. The topological polar surface area (TPSA) is 9.86 Å². The number of aromatic nitrogens is 2. The number of nitrogens with zero attached hydrogens (tertiary/aromatic N) is 2. The second kappa shape index (κ2) is 9.31. The molecule has 0 N–H and O–H groups in total. The number of hydrogen-bond acceptors (Lipinski definition) is 0. The van der Waals surface area contributed by atoms with Crippen LogP contribution in [0.3, 0.4) is 0 Å². The zero-order valence-corrected chi connectivity index (χ0v) is 22.7. The molecule has 2 heterocycles. The lowest BCUT2D eigenvalue weighted by molar-refractivity contribution is 0.826. The average molecular weight is 513 g/mol. The molecule has 2 aliphatic rings. The summed E-state index contributed by atoms with van der Waals surface area (Å²) in [7, 11) is 2.17. The molecule has 0 saturated heterocycles. The van der Waals surface area contributed by atoms with Gasteiger partial charge < -0.3 is 9.13 Å². The first-order valence-corrected chi connectivity index (χ1v) is 14.4. The van der Waals surface area contributed by atoms with Gasteiger partial charge in [0.2, 0.25) is 0 Å². The van der Waals surface area contributed by atoms with E-state index in [0.29, 0.717) is 5.92 Å². The monoisotopic (exact) mass is 513 g/mol. The third kappa shape index (κ3) is 3.58. The molecule has 0 spiro atoms. The molecule has 4 aromatic carbocycles. The Hall–Kier alpha value is -4.50. The van der Waals surface area contributed by atoms with Gasteiger partial charge in [0.1, 0.15) is 7.28 Å². The first-order chi connectivity index (χ1) is 19.8. The van der Waals surface area contributed by atoms with Crippen LogP contribution in [0.15, 0.2) is 115 Å². The summed E-state index contributed by atoms with van der Waals surface area (Å²) < 4.78 is 4.91. The van der Waals surface area contributed by atoms with Gasteiger partial charge in [0.15, 0.2) is 0 Å². The molecule has 0 aliphatic heterocycles. The van der Waals surface area contributed by atoms with E-state index < -0.39 is 0 Å². The van der Waals surface area contributed by atoms with Gasteiger partial charge in [0, 0.05) is 39.2 Å². The lowest BCUT2D eigenvalue weighted by Gasteiger charge is -2.20. The standard InChI is InChI=1S/C37H30BN2/c1-38-27-10-9-13-29(24-27)40-35-17-8-6-15-31(35)33-23-26(19-21-37(33)40)25-18-20-36-32(22-25)30-14-5-7-16-34(30)39(36)28-11-3-2-4-12-28/h2-3,5-11,13-22,24,26H,4,12,23H2,1H3. The van der Waals surface area contributed by atoms with E-state index in [4.69, 9.17) is 0 Å². The second-order valence-electron chi connectivity index (χ2n) is 11.0. The number of rotatable bonds is 4. The van der Waals surface area contributed by atoms with Gasteiger partial charge in [0.25, 0.3) is 0 Å². The highest BCUT2D eigenvalue weighted by Crippen LogP contribution is 2.40. The molecule has 8 rings (SSSR count). The van der Waals surface area contributed by atoms with Crippen LogP contribution in [0.2, 0.25) is 6.82 Å². The summed E-state index contributed by atoms with van der Waals surface area (Å²) in [6.07, 6.45) is 14.7. The van der Waals surface area contributed by atoms with E-state index in [0.717, 1.165) is 19.3 Å². The first-order valence-electron chi connectivity index (χ1n) is 14.4.